The van der Waals surface area contributed by atoms with E-state index in [9.17, 15) is 4.79 Å². The van der Waals surface area contributed by atoms with Crippen LogP contribution in [0.4, 0.5) is 4.79 Å². The molecule has 0 aliphatic heterocycles. The van der Waals surface area contributed by atoms with E-state index >= 15 is 0 Å². The first-order chi connectivity index (χ1) is 13.2. The third kappa shape index (κ3) is 8.10. The van der Waals surface area contributed by atoms with Gasteiger partial charge >= 0.3 is 6.03 Å². The Morgan fingerprint density at radius 1 is 0.889 bits per heavy atom. The Bertz CT molecular complexity index is 550. The molecule has 27 heavy (non-hydrogen) atoms. The minimum atomic E-state index is -0.0816. The predicted octanol–water partition coefficient (Wildman–Crippen LogP) is 5.18. The maximum atomic E-state index is 12.4. The van der Waals surface area contributed by atoms with Crippen molar-refractivity contribution in [3.63, 3.8) is 0 Å². The van der Waals surface area contributed by atoms with Crippen LogP contribution in [0.15, 0.2) is 18.2 Å². The fraction of sp³-hybridized carbons (Fsp3) is 0.682. The van der Waals surface area contributed by atoms with Gasteiger partial charge in [0.05, 0.1) is 14.2 Å². The Morgan fingerprint density at radius 2 is 1.44 bits per heavy atom. The number of benzene rings is 1. The van der Waals surface area contributed by atoms with E-state index in [1.807, 2.05) is 18.2 Å². The van der Waals surface area contributed by atoms with Gasteiger partial charge in [-0.05, 0) is 30.5 Å². The van der Waals surface area contributed by atoms with Crippen LogP contribution in [0.3, 0.4) is 0 Å². The van der Waals surface area contributed by atoms with Crippen molar-refractivity contribution in [1.29, 1.82) is 0 Å². The van der Waals surface area contributed by atoms with Crippen LogP contribution in [0, 0.1) is 0 Å². The summed E-state index contributed by atoms with van der Waals surface area (Å²) in [6.07, 6.45) is 13.9. The highest BCUT2D eigenvalue weighted by molar-refractivity contribution is 5.74. The van der Waals surface area contributed by atoms with Crippen LogP contribution in [0.2, 0.25) is 0 Å². The molecule has 0 unspecified atom stereocenters. The summed E-state index contributed by atoms with van der Waals surface area (Å²) in [5.41, 5.74) is 0.987. The fourth-order valence-electron chi connectivity index (χ4n) is 3.72. The molecule has 0 aromatic heterocycles. The molecule has 2 N–H and O–H groups in total. The van der Waals surface area contributed by atoms with Crippen LogP contribution in [-0.4, -0.2) is 26.3 Å². The molecule has 1 aliphatic rings. The first-order valence-electron chi connectivity index (χ1n) is 10.5. The van der Waals surface area contributed by atoms with Crippen molar-refractivity contribution >= 4 is 6.03 Å². The molecule has 5 heteroatoms. The van der Waals surface area contributed by atoms with Gasteiger partial charge in [-0.3, -0.25) is 0 Å². The van der Waals surface area contributed by atoms with E-state index in [2.05, 4.69) is 10.6 Å². The summed E-state index contributed by atoms with van der Waals surface area (Å²) in [5, 5.41) is 6.16. The maximum absolute atomic E-state index is 12.4. The SMILES string of the molecule is COc1ccc(CNC(=O)NC2CCCCCCCCCCC2)cc1OC. The number of carbonyl (C=O) groups excluding carboxylic acids is 1. The van der Waals surface area contributed by atoms with E-state index in [4.69, 9.17) is 9.47 Å². The van der Waals surface area contributed by atoms with Crippen LogP contribution >= 0.6 is 0 Å². The Hall–Kier alpha value is -1.91. The normalized spacial score (nSPS) is 17.3. The molecule has 0 radical (unpaired) electrons. The zero-order chi connectivity index (χ0) is 19.3. The molecule has 5 nitrogen and oxygen atoms in total. The van der Waals surface area contributed by atoms with Gasteiger partial charge in [-0.15, -0.1) is 0 Å². The van der Waals surface area contributed by atoms with Crippen molar-refractivity contribution in [3.05, 3.63) is 23.8 Å². The molecule has 1 saturated carbocycles. The van der Waals surface area contributed by atoms with E-state index in [0.29, 0.717) is 18.0 Å². The number of methoxy groups -OCH3 is 2. The van der Waals surface area contributed by atoms with E-state index in [0.717, 1.165) is 18.4 Å². The summed E-state index contributed by atoms with van der Waals surface area (Å²) in [5.74, 6) is 1.37. The van der Waals surface area contributed by atoms with Crippen molar-refractivity contribution in [2.24, 2.45) is 0 Å². The molecule has 1 fully saturated rings. The van der Waals surface area contributed by atoms with Crippen molar-refractivity contribution in [2.45, 2.75) is 83.2 Å². The molecule has 2 amide bonds. The summed E-state index contributed by atoms with van der Waals surface area (Å²) in [4.78, 5) is 12.4. The van der Waals surface area contributed by atoms with Gasteiger partial charge in [0.2, 0.25) is 0 Å². The lowest BCUT2D eigenvalue weighted by atomic mass is 9.98. The van der Waals surface area contributed by atoms with Crippen LogP contribution in [0.1, 0.15) is 76.2 Å². The average molecular weight is 377 g/mol. The molecule has 0 atom stereocenters. The predicted molar refractivity (Wildman–Crippen MR) is 109 cm³/mol. The number of hydrogen-bond donors (Lipinski definition) is 2. The zero-order valence-electron chi connectivity index (χ0n) is 17.0. The zero-order valence-corrected chi connectivity index (χ0v) is 17.0. The number of hydrogen-bond acceptors (Lipinski definition) is 3. The van der Waals surface area contributed by atoms with Gasteiger partial charge in [-0.2, -0.15) is 0 Å². The van der Waals surface area contributed by atoms with Gasteiger partial charge in [-0.1, -0.05) is 63.9 Å². The number of rotatable bonds is 5. The van der Waals surface area contributed by atoms with Crippen molar-refractivity contribution in [1.82, 2.24) is 10.6 Å². The third-order valence-corrected chi connectivity index (χ3v) is 5.34. The summed E-state index contributed by atoms with van der Waals surface area (Å²) in [6, 6.07) is 5.91. The number of carbonyl (C=O) groups is 1. The van der Waals surface area contributed by atoms with Crippen molar-refractivity contribution in [3.8, 4) is 11.5 Å². The number of urea groups is 1. The summed E-state index contributed by atoms with van der Waals surface area (Å²) in [6.45, 7) is 0.471. The molecule has 0 spiro atoms. The molecule has 0 saturated heterocycles. The second-order valence-corrected chi connectivity index (χ2v) is 7.47. The first-order valence-corrected chi connectivity index (χ1v) is 10.5. The standard InChI is InChI=1S/C22H36N2O3/c1-26-20-15-14-18(16-21(20)27-2)17-23-22(25)24-19-12-10-8-6-4-3-5-7-9-11-13-19/h14-16,19H,3-13,17H2,1-2H3,(H2,23,24,25). The van der Waals surface area contributed by atoms with Gasteiger partial charge in [0.25, 0.3) is 0 Å². The highest BCUT2D eigenvalue weighted by atomic mass is 16.5. The number of amides is 2. The van der Waals surface area contributed by atoms with E-state index in [1.54, 1.807) is 14.2 Å². The minimum Gasteiger partial charge on any atom is -0.493 e. The lowest BCUT2D eigenvalue weighted by Gasteiger charge is -2.20. The monoisotopic (exact) mass is 376 g/mol. The average Bonchev–Trinajstić information content (AvgIpc) is 2.68. The van der Waals surface area contributed by atoms with Crippen LogP contribution in [-0.2, 0) is 6.54 Å². The van der Waals surface area contributed by atoms with Gasteiger partial charge in [-0.25, -0.2) is 4.79 Å². The van der Waals surface area contributed by atoms with Crippen LogP contribution in [0.25, 0.3) is 0 Å². The second kappa shape index (κ2) is 12.5. The van der Waals surface area contributed by atoms with E-state index in [1.165, 1.54) is 57.8 Å². The summed E-state index contributed by atoms with van der Waals surface area (Å²) < 4.78 is 10.6. The topological polar surface area (TPSA) is 59.6 Å². The van der Waals surface area contributed by atoms with Crippen molar-refractivity contribution in [2.75, 3.05) is 14.2 Å². The Kier molecular flexibility index (Phi) is 9.88. The van der Waals surface area contributed by atoms with E-state index < -0.39 is 0 Å². The number of nitrogens with one attached hydrogen (secondary N) is 2. The number of ether oxygens (including phenoxy) is 2. The highest BCUT2D eigenvalue weighted by Gasteiger charge is 2.13. The molecule has 152 valence electrons. The van der Waals surface area contributed by atoms with Gasteiger partial charge in [0, 0.05) is 12.6 Å². The van der Waals surface area contributed by atoms with Crippen LogP contribution < -0.4 is 20.1 Å². The fourth-order valence-corrected chi connectivity index (χ4v) is 3.72. The maximum Gasteiger partial charge on any atom is 0.315 e. The summed E-state index contributed by atoms with van der Waals surface area (Å²) in [7, 11) is 3.23. The molecular formula is C22H36N2O3. The largest absolute Gasteiger partial charge is 0.493 e. The van der Waals surface area contributed by atoms with E-state index in [-0.39, 0.29) is 12.1 Å². The highest BCUT2D eigenvalue weighted by Crippen LogP contribution is 2.27. The van der Waals surface area contributed by atoms with Gasteiger partial charge in [0.1, 0.15) is 0 Å². The molecule has 1 aliphatic carbocycles. The second-order valence-electron chi connectivity index (χ2n) is 7.47. The molecule has 2 rings (SSSR count). The van der Waals surface area contributed by atoms with Crippen LogP contribution in [0.5, 0.6) is 11.5 Å². The van der Waals surface area contributed by atoms with Gasteiger partial charge < -0.3 is 20.1 Å². The minimum absolute atomic E-state index is 0.0816. The van der Waals surface area contributed by atoms with Crippen molar-refractivity contribution < 1.29 is 14.3 Å². The Labute approximate surface area is 164 Å². The quantitative estimate of drug-likeness (QED) is 0.745. The molecular weight excluding hydrogens is 340 g/mol. The molecule has 1 aromatic carbocycles. The molecule has 1 aromatic rings. The third-order valence-electron chi connectivity index (χ3n) is 5.34. The molecule has 0 bridgehead atoms. The lowest BCUT2D eigenvalue weighted by molar-refractivity contribution is 0.234. The smallest absolute Gasteiger partial charge is 0.315 e. The Morgan fingerprint density at radius 3 is 2.00 bits per heavy atom. The summed E-state index contributed by atoms with van der Waals surface area (Å²) >= 11 is 0. The van der Waals surface area contributed by atoms with Gasteiger partial charge in [0.15, 0.2) is 11.5 Å². The lowest BCUT2D eigenvalue weighted by Crippen LogP contribution is -2.41. The molecule has 0 heterocycles. The Balaban J connectivity index is 1.80. The first kappa shape index (κ1) is 21.4.